The van der Waals surface area contributed by atoms with E-state index >= 15 is 0 Å². The molecule has 3 aromatic rings. The van der Waals surface area contributed by atoms with E-state index in [1.807, 2.05) is 18.2 Å². The zero-order valence-electron chi connectivity index (χ0n) is 20.6. The predicted molar refractivity (Wildman–Crippen MR) is 132 cm³/mol. The van der Waals surface area contributed by atoms with Gasteiger partial charge >= 0.3 is 0 Å². The molecule has 0 N–H and O–H groups in total. The lowest BCUT2D eigenvalue weighted by atomic mass is 10.1. The van der Waals surface area contributed by atoms with Gasteiger partial charge in [0.2, 0.25) is 5.75 Å². The van der Waals surface area contributed by atoms with Gasteiger partial charge in [-0.05, 0) is 42.3 Å². The molecule has 0 aromatic heterocycles. The second kappa shape index (κ2) is 11.1. The number of carbonyl (C=O) groups excluding carboxylic acids is 1. The molecule has 0 saturated carbocycles. The number of methoxy groups -OCH3 is 3. The third kappa shape index (κ3) is 5.69. The number of aryl methyl sites for hydroxylation is 1. The van der Waals surface area contributed by atoms with E-state index in [9.17, 15) is 4.79 Å². The number of nitrogens with zero attached hydrogens (tertiary/aromatic N) is 1. The van der Waals surface area contributed by atoms with Crippen molar-refractivity contribution in [2.45, 2.75) is 26.7 Å². The molecule has 0 fully saturated rings. The van der Waals surface area contributed by atoms with Crippen molar-refractivity contribution in [1.82, 2.24) is 4.90 Å². The first-order valence-electron chi connectivity index (χ1n) is 11.5. The lowest BCUT2D eigenvalue weighted by molar-refractivity contribution is 0.0732. The molecule has 1 aliphatic heterocycles. The van der Waals surface area contributed by atoms with Crippen molar-refractivity contribution < 1.29 is 28.5 Å². The molecule has 184 valence electrons. The number of fused-ring (bicyclic) bond motifs is 1. The first-order chi connectivity index (χ1) is 17.0. The maximum absolute atomic E-state index is 13.4. The number of benzene rings is 3. The van der Waals surface area contributed by atoms with Crippen LogP contribution in [0.2, 0.25) is 0 Å². The highest BCUT2D eigenvalue weighted by Crippen LogP contribution is 2.38. The van der Waals surface area contributed by atoms with Gasteiger partial charge in [0.1, 0.15) is 12.4 Å². The summed E-state index contributed by atoms with van der Waals surface area (Å²) in [4.78, 5) is 15.2. The molecule has 4 rings (SSSR count). The summed E-state index contributed by atoms with van der Waals surface area (Å²) in [6.07, 6.45) is 0. The third-order valence-electron chi connectivity index (χ3n) is 5.96. The zero-order chi connectivity index (χ0) is 24.8. The van der Waals surface area contributed by atoms with E-state index in [4.69, 9.17) is 23.7 Å². The summed E-state index contributed by atoms with van der Waals surface area (Å²) in [5.41, 5.74) is 4.79. The number of rotatable bonds is 8. The maximum atomic E-state index is 13.4. The van der Waals surface area contributed by atoms with Gasteiger partial charge in [-0.25, -0.2) is 0 Å². The van der Waals surface area contributed by atoms with E-state index in [0.29, 0.717) is 55.7 Å². The molecule has 7 nitrogen and oxygen atoms in total. The molecule has 0 unspecified atom stereocenters. The minimum absolute atomic E-state index is 0.137. The summed E-state index contributed by atoms with van der Waals surface area (Å²) in [7, 11) is 4.60. The summed E-state index contributed by atoms with van der Waals surface area (Å²) < 4.78 is 28.1. The minimum atomic E-state index is -0.137. The van der Waals surface area contributed by atoms with Gasteiger partial charge in [-0.2, -0.15) is 0 Å². The van der Waals surface area contributed by atoms with Gasteiger partial charge in [0, 0.05) is 17.7 Å². The Hall–Kier alpha value is -3.71. The first kappa shape index (κ1) is 24.4. The van der Waals surface area contributed by atoms with Gasteiger partial charge in [0.25, 0.3) is 5.91 Å². The summed E-state index contributed by atoms with van der Waals surface area (Å²) in [5.74, 6) is 1.98. The number of amides is 1. The SMILES string of the molecule is COc1cc(C(=O)N2CCOc3ccc(COCc4ccc(C)cc4)cc3C2)cc(OC)c1OC. The lowest BCUT2D eigenvalue weighted by Crippen LogP contribution is -2.32. The highest BCUT2D eigenvalue weighted by molar-refractivity contribution is 5.95. The van der Waals surface area contributed by atoms with Crippen molar-refractivity contribution in [3.8, 4) is 23.0 Å². The topological polar surface area (TPSA) is 66.5 Å². The van der Waals surface area contributed by atoms with E-state index in [1.54, 1.807) is 17.0 Å². The molecule has 1 amide bonds. The van der Waals surface area contributed by atoms with Gasteiger partial charge < -0.3 is 28.6 Å². The van der Waals surface area contributed by atoms with Gasteiger partial charge in [0.05, 0.1) is 41.1 Å². The van der Waals surface area contributed by atoms with Crippen LogP contribution in [0.25, 0.3) is 0 Å². The van der Waals surface area contributed by atoms with Crippen LogP contribution < -0.4 is 18.9 Å². The number of ether oxygens (including phenoxy) is 5. The molecule has 0 spiro atoms. The second-order valence-electron chi connectivity index (χ2n) is 8.41. The Morgan fingerprint density at radius 2 is 1.54 bits per heavy atom. The van der Waals surface area contributed by atoms with Gasteiger partial charge in [-0.15, -0.1) is 0 Å². The standard InChI is InChI=1S/C28H31NO6/c1-19-5-7-20(8-6-19)17-34-18-21-9-10-24-23(13-21)16-29(11-12-35-24)28(30)22-14-25(31-2)27(33-4)26(15-22)32-3/h5-10,13-15H,11-12,16-18H2,1-4H3. The first-order valence-corrected chi connectivity index (χ1v) is 11.5. The monoisotopic (exact) mass is 477 g/mol. The smallest absolute Gasteiger partial charge is 0.254 e. The van der Waals surface area contributed by atoms with E-state index in [2.05, 4.69) is 31.2 Å². The Morgan fingerprint density at radius 1 is 0.886 bits per heavy atom. The number of hydrogen-bond donors (Lipinski definition) is 0. The largest absolute Gasteiger partial charge is 0.493 e. The highest BCUT2D eigenvalue weighted by Gasteiger charge is 2.24. The average molecular weight is 478 g/mol. The fraction of sp³-hybridized carbons (Fsp3) is 0.321. The molecular formula is C28H31NO6. The van der Waals surface area contributed by atoms with Crippen LogP contribution in [0.4, 0.5) is 0 Å². The Kier molecular flexibility index (Phi) is 7.77. The van der Waals surface area contributed by atoms with E-state index in [0.717, 1.165) is 22.4 Å². The molecule has 7 heteroatoms. The van der Waals surface area contributed by atoms with Crippen molar-refractivity contribution in [2.24, 2.45) is 0 Å². The molecule has 3 aromatic carbocycles. The molecule has 0 radical (unpaired) electrons. The lowest BCUT2D eigenvalue weighted by Gasteiger charge is -2.21. The van der Waals surface area contributed by atoms with Gasteiger partial charge in [-0.1, -0.05) is 35.9 Å². The number of carbonyl (C=O) groups is 1. The molecular weight excluding hydrogens is 446 g/mol. The van der Waals surface area contributed by atoms with Gasteiger partial charge in [0.15, 0.2) is 11.5 Å². The van der Waals surface area contributed by atoms with Gasteiger partial charge in [-0.3, -0.25) is 4.79 Å². The molecule has 0 bridgehead atoms. The Labute approximate surface area is 206 Å². The summed E-state index contributed by atoms with van der Waals surface area (Å²) in [6, 6.07) is 17.7. The van der Waals surface area contributed by atoms with Crippen LogP contribution in [-0.4, -0.2) is 45.3 Å². The van der Waals surface area contributed by atoms with Crippen LogP contribution in [0.1, 0.15) is 32.6 Å². The van der Waals surface area contributed by atoms with Crippen LogP contribution in [0.3, 0.4) is 0 Å². The van der Waals surface area contributed by atoms with Crippen molar-refractivity contribution in [3.63, 3.8) is 0 Å². The van der Waals surface area contributed by atoms with Crippen molar-refractivity contribution in [2.75, 3.05) is 34.5 Å². The Morgan fingerprint density at radius 3 is 2.20 bits per heavy atom. The molecule has 0 saturated heterocycles. The van der Waals surface area contributed by atoms with E-state index < -0.39 is 0 Å². The molecule has 1 heterocycles. The highest BCUT2D eigenvalue weighted by atomic mass is 16.5. The summed E-state index contributed by atoms with van der Waals surface area (Å²) >= 11 is 0. The summed E-state index contributed by atoms with van der Waals surface area (Å²) in [6.45, 7) is 4.38. The van der Waals surface area contributed by atoms with Crippen molar-refractivity contribution >= 4 is 5.91 Å². The average Bonchev–Trinajstić information content (AvgIpc) is 3.10. The molecule has 0 atom stereocenters. The third-order valence-corrected chi connectivity index (χ3v) is 5.96. The minimum Gasteiger partial charge on any atom is -0.493 e. The Balaban J connectivity index is 1.48. The van der Waals surface area contributed by atoms with Crippen LogP contribution in [0, 0.1) is 6.92 Å². The van der Waals surface area contributed by atoms with E-state index in [1.165, 1.54) is 26.9 Å². The number of hydrogen-bond acceptors (Lipinski definition) is 6. The predicted octanol–water partition coefficient (Wildman–Crippen LogP) is 4.77. The maximum Gasteiger partial charge on any atom is 0.254 e. The van der Waals surface area contributed by atoms with Crippen LogP contribution in [0.15, 0.2) is 54.6 Å². The zero-order valence-corrected chi connectivity index (χ0v) is 20.6. The quantitative estimate of drug-likeness (QED) is 0.466. The fourth-order valence-corrected chi connectivity index (χ4v) is 4.07. The van der Waals surface area contributed by atoms with Crippen molar-refractivity contribution in [3.05, 3.63) is 82.4 Å². The fourth-order valence-electron chi connectivity index (χ4n) is 4.07. The second-order valence-corrected chi connectivity index (χ2v) is 8.41. The van der Waals surface area contributed by atoms with Crippen molar-refractivity contribution in [1.29, 1.82) is 0 Å². The molecule has 35 heavy (non-hydrogen) atoms. The Bertz CT molecular complexity index is 1150. The van der Waals surface area contributed by atoms with Crippen LogP contribution in [0.5, 0.6) is 23.0 Å². The normalized spacial score (nSPS) is 12.9. The van der Waals surface area contributed by atoms with E-state index in [-0.39, 0.29) is 5.91 Å². The summed E-state index contributed by atoms with van der Waals surface area (Å²) in [5, 5.41) is 0. The van der Waals surface area contributed by atoms with Crippen LogP contribution >= 0.6 is 0 Å². The van der Waals surface area contributed by atoms with Crippen LogP contribution in [-0.2, 0) is 24.5 Å². The molecule has 1 aliphatic rings. The molecule has 0 aliphatic carbocycles.